The van der Waals surface area contributed by atoms with Gasteiger partial charge in [0, 0.05) is 24.5 Å². The van der Waals surface area contributed by atoms with E-state index in [1.807, 2.05) is 0 Å². The minimum Gasteiger partial charge on any atom is -0.348 e. The molecule has 2 rings (SSSR count). The lowest BCUT2D eigenvalue weighted by Crippen LogP contribution is -2.21. The van der Waals surface area contributed by atoms with Gasteiger partial charge in [0.05, 0.1) is 5.69 Å². The molecule has 1 aliphatic rings. The maximum absolute atomic E-state index is 4.79. The molecule has 2 unspecified atom stereocenters. The summed E-state index contributed by atoms with van der Waals surface area (Å²) in [5, 5.41) is 6.84. The summed E-state index contributed by atoms with van der Waals surface area (Å²) in [6, 6.07) is 0.369. The van der Waals surface area contributed by atoms with E-state index in [4.69, 9.17) is 4.98 Å². The third-order valence-electron chi connectivity index (χ3n) is 3.72. The fourth-order valence-electron chi connectivity index (χ4n) is 2.68. The first-order valence-corrected chi connectivity index (χ1v) is 8.06. The van der Waals surface area contributed by atoms with Gasteiger partial charge < -0.3 is 10.2 Å². The van der Waals surface area contributed by atoms with Crippen molar-refractivity contribution in [3.63, 3.8) is 0 Å². The van der Waals surface area contributed by atoms with Crippen LogP contribution in [0.5, 0.6) is 0 Å². The highest BCUT2D eigenvalue weighted by Crippen LogP contribution is 2.30. The van der Waals surface area contributed by atoms with E-state index in [1.54, 1.807) is 11.3 Å². The third kappa shape index (κ3) is 3.23. The lowest BCUT2D eigenvalue weighted by Gasteiger charge is -2.15. The van der Waals surface area contributed by atoms with Crippen LogP contribution in [0, 0.1) is 5.92 Å². The molecular weight excluding hydrogens is 242 g/mol. The summed E-state index contributed by atoms with van der Waals surface area (Å²) in [6.45, 7) is 9.99. The quantitative estimate of drug-likeness (QED) is 0.856. The molecule has 4 heteroatoms. The first-order valence-electron chi connectivity index (χ1n) is 7.18. The summed E-state index contributed by atoms with van der Waals surface area (Å²) in [5.74, 6) is 0.883. The Balaban J connectivity index is 1.94. The Morgan fingerprint density at radius 1 is 1.56 bits per heavy atom. The summed E-state index contributed by atoms with van der Waals surface area (Å²) in [7, 11) is 0. The monoisotopic (exact) mass is 267 g/mol. The molecule has 0 aliphatic carbocycles. The van der Waals surface area contributed by atoms with Crippen molar-refractivity contribution in [2.24, 2.45) is 5.92 Å². The summed E-state index contributed by atoms with van der Waals surface area (Å²) in [6.07, 6.45) is 4.01. The first-order chi connectivity index (χ1) is 8.74. The van der Waals surface area contributed by atoms with E-state index in [2.05, 4.69) is 36.4 Å². The van der Waals surface area contributed by atoms with Gasteiger partial charge in [-0.25, -0.2) is 4.98 Å². The average molecular weight is 267 g/mol. The van der Waals surface area contributed by atoms with Gasteiger partial charge in [0.2, 0.25) is 0 Å². The van der Waals surface area contributed by atoms with E-state index in [0.29, 0.717) is 6.04 Å². The predicted molar refractivity (Wildman–Crippen MR) is 79.4 cm³/mol. The van der Waals surface area contributed by atoms with E-state index < -0.39 is 0 Å². The summed E-state index contributed by atoms with van der Waals surface area (Å²) >= 11 is 1.80. The number of anilines is 1. The Labute approximate surface area is 115 Å². The predicted octanol–water partition coefficient (Wildman–Crippen LogP) is 3.44. The minimum absolute atomic E-state index is 0.369. The number of hydrogen-bond acceptors (Lipinski definition) is 4. The van der Waals surface area contributed by atoms with Crippen LogP contribution in [0.25, 0.3) is 0 Å². The first kappa shape index (κ1) is 13.8. The Morgan fingerprint density at radius 3 is 3.11 bits per heavy atom. The van der Waals surface area contributed by atoms with E-state index in [1.165, 1.54) is 43.2 Å². The van der Waals surface area contributed by atoms with Gasteiger partial charge in [0.1, 0.15) is 0 Å². The Bertz CT molecular complexity index is 364. The van der Waals surface area contributed by atoms with Crippen LogP contribution in [-0.2, 0) is 0 Å². The van der Waals surface area contributed by atoms with Crippen LogP contribution in [0.4, 0.5) is 5.13 Å². The largest absolute Gasteiger partial charge is 0.348 e. The SMILES string of the molecule is CCCC1CCN(c2nc(C(C)NCC)cs2)C1. The van der Waals surface area contributed by atoms with Crippen molar-refractivity contribution in [2.45, 2.75) is 46.1 Å². The van der Waals surface area contributed by atoms with Gasteiger partial charge in [-0.15, -0.1) is 11.3 Å². The molecule has 18 heavy (non-hydrogen) atoms. The molecule has 0 amide bonds. The second-order valence-electron chi connectivity index (χ2n) is 5.22. The van der Waals surface area contributed by atoms with Gasteiger partial charge in [-0.2, -0.15) is 0 Å². The van der Waals surface area contributed by atoms with Gasteiger partial charge in [-0.1, -0.05) is 20.3 Å². The Hall–Kier alpha value is -0.610. The number of rotatable bonds is 6. The van der Waals surface area contributed by atoms with Crippen LogP contribution in [-0.4, -0.2) is 24.6 Å². The van der Waals surface area contributed by atoms with E-state index in [-0.39, 0.29) is 0 Å². The number of aromatic nitrogens is 1. The highest BCUT2D eigenvalue weighted by atomic mass is 32.1. The van der Waals surface area contributed by atoms with Crippen LogP contribution in [0.2, 0.25) is 0 Å². The lowest BCUT2D eigenvalue weighted by atomic mass is 10.0. The topological polar surface area (TPSA) is 28.2 Å². The molecule has 3 nitrogen and oxygen atoms in total. The average Bonchev–Trinajstić information content (AvgIpc) is 2.97. The maximum Gasteiger partial charge on any atom is 0.185 e. The Kier molecular flexibility index (Phi) is 5.01. The summed E-state index contributed by atoms with van der Waals surface area (Å²) in [5.41, 5.74) is 1.19. The molecule has 1 N–H and O–H groups in total. The molecular formula is C14H25N3S. The molecule has 102 valence electrons. The molecule has 2 heterocycles. The molecule has 1 fully saturated rings. The summed E-state index contributed by atoms with van der Waals surface area (Å²) in [4.78, 5) is 7.25. The van der Waals surface area contributed by atoms with Gasteiger partial charge in [0.15, 0.2) is 5.13 Å². The van der Waals surface area contributed by atoms with Gasteiger partial charge in [0.25, 0.3) is 0 Å². The van der Waals surface area contributed by atoms with Crippen LogP contribution in [0.3, 0.4) is 0 Å². The number of nitrogens with zero attached hydrogens (tertiary/aromatic N) is 2. The van der Waals surface area contributed by atoms with Gasteiger partial charge >= 0.3 is 0 Å². The Morgan fingerprint density at radius 2 is 2.39 bits per heavy atom. The normalized spacial score (nSPS) is 21.5. The van der Waals surface area contributed by atoms with E-state index >= 15 is 0 Å². The molecule has 0 aromatic carbocycles. The second kappa shape index (κ2) is 6.53. The fraction of sp³-hybridized carbons (Fsp3) is 0.786. The summed E-state index contributed by atoms with van der Waals surface area (Å²) < 4.78 is 0. The van der Waals surface area contributed by atoms with Crippen molar-refractivity contribution < 1.29 is 0 Å². The lowest BCUT2D eigenvalue weighted by molar-refractivity contribution is 0.529. The van der Waals surface area contributed by atoms with Crippen molar-refractivity contribution in [3.8, 4) is 0 Å². The number of thiazole rings is 1. The van der Waals surface area contributed by atoms with Crippen LogP contribution >= 0.6 is 11.3 Å². The zero-order valence-corrected chi connectivity index (χ0v) is 12.6. The highest BCUT2D eigenvalue weighted by Gasteiger charge is 2.24. The second-order valence-corrected chi connectivity index (χ2v) is 6.06. The molecule has 0 spiro atoms. The molecule has 0 bridgehead atoms. The molecule has 1 aromatic rings. The number of hydrogen-bond donors (Lipinski definition) is 1. The molecule has 0 radical (unpaired) electrons. The van der Waals surface area contributed by atoms with Crippen LogP contribution in [0.15, 0.2) is 5.38 Å². The zero-order valence-electron chi connectivity index (χ0n) is 11.8. The number of nitrogens with one attached hydrogen (secondary N) is 1. The van der Waals surface area contributed by atoms with Gasteiger partial charge in [-0.05, 0) is 32.2 Å². The molecule has 1 aromatic heterocycles. The van der Waals surface area contributed by atoms with Crippen molar-refractivity contribution in [1.82, 2.24) is 10.3 Å². The maximum atomic E-state index is 4.79. The zero-order chi connectivity index (χ0) is 13.0. The molecule has 1 saturated heterocycles. The minimum atomic E-state index is 0.369. The standard InChI is InChI=1S/C14H25N3S/c1-4-6-12-7-8-17(9-12)14-16-13(10-18-14)11(3)15-5-2/h10-12,15H,4-9H2,1-3H3. The van der Waals surface area contributed by atoms with E-state index in [9.17, 15) is 0 Å². The fourth-order valence-corrected chi connectivity index (χ4v) is 3.64. The van der Waals surface area contributed by atoms with Crippen molar-refractivity contribution in [1.29, 1.82) is 0 Å². The van der Waals surface area contributed by atoms with Crippen molar-refractivity contribution in [2.75, 3.05) is 24.5 Å². The third-order valence-corrected chi connectivity index (χ3v) is 4.64. The van der Waals surface area contributed by atoms with Crippen LogP contribution in [0.1, 0.15) is 51.8 Å². The van der Waals surface area contributed by atoms with Gasteiger partial charge in [-0.3, -0.25) is 0 Å². The van der Waals surface area contributed by atoms with E-state index in [0.717, 1.165) is 12.5 Å². The van der Waals surface area contributed by atoms with Crippen molar-refractivity contribution >= 4 is 16.5 Å². The molecule has 1 aliphatic heterocycles. The molecule has 0 saturated carbocycles. The van der Waals surface area contributed by atoms with Crippen molar-refractivity contribution in [3.05, 3.63) is 11.1 Å². The smallest absolute Gasteiger partial charge is 0.185 e. The molecule has 2 atom stereocenters. The highest BCUT2D eigenvalue weighted by molar-refractivity contribution is 7.13. The van der Waals surface area contributed by atoms with Crippen LogP contribution < -0.4 is 10.2 Å².